The second kappa shape index (κ2) is 16.7. The molecule has 0 aromatic carbocycles. The van der Waals surface area contributed by atoms with E-state index in [0.29, 0.717) is 0 Å². The van der Waals surface area contributed by atoms with Crippen molar-refractivity contribution in [3.8, 4) is 0 Å². The molecule has 0 aliphatic carbocycles. The molecule has 3 N–H and O–H groups in total. The average Bonchev–Trinajstić information content (AvgIpc) is 2.64. The first-order chi connectivity index (χ1) is 16.6. The molecule has 0 bridgehead atoms. The molecular weight excluding hydrogens is 644 g/mol. The molecule has 0 saturated heterocycles. The SMILES string of the molecule is CC(C)(C)C(=O)/C=C(/O)C(C)(C)C.CC(C)(C)C(=O)/C=C(/O)C(C)(C)C.CC(C)(C)C(=O)/C=C(\O)C(C)(C)C.[Eu]. The third-order valence-electron chi connectivity index (χ3n) is 5.33. The predicted octanol–water partition coefficient (Wildman–Crippen LogP) is 9.27. The fourth-order valence-corrected chi connectivity index (χ4v) is 1.67. The van der Waals surface area contributed by atoms with E-state index in [2.05, 4.69) is 0 Å². The summed E-state index contributed by atoms with van der Waals surface area (Å²) >= 11 is 0. The number of allylic oxidation sites excluding steroid dienone is 6. The van der Waals surface area contributed by atoms with Gasteiger partial charge in [0.05, 0.1) is 0 Å². The van der Waals surface area contributed by atoms with Crippen LogP contribution in [0, 0.1) is 81.9 Å². The van der Waals surface area contributed by atoms with E-state index in [4.69, 9.17) is 0 Å². The molecular formula is C33H60EuO6. The maximum atomic E-state index is 11.5. The topological polar surface area (TPSA) is 112 Å². The Morgan fingerprint density at radius 1 is 0.350 bits per heavy atom. The van der Waals surface area contributed by atoms with Crippen molar-refractivity contribution in [1.82, 2.24) is 0 Å². The zero-order valence-corrected chi connectivity index (χ0v) is 31.1. The number of aliphatic hydroxyl groups is 3. The van der Waals surface area contributed by atoms with Crippen molar-refractivity contribution in [1.29, 1.82) is 0 Å². The maximum absolute atomic E-state index is 11.5. The zero-order chi connectivity index (χ0) is 32.6. The van der Waals surface area contributed by atoms with Crippen molar-refractivity contribution in [2.24, 2.45) is 32.5 Å². The van der Waals surface area contributed by atoms with Crippen LogP contribution in [0.25, 0.3) is 0 Å². The first-order valence-corrected chi connectivity index (χ1v) is 13.5. The van der Waals surface area contributed by atoms with Gasteiger partial charge >= 0.3 is 0 Å². The summed E-state index contributed by atoms with van der Waals surface area (Å²) in [4.78, 5) is 34.5. The van der Waals surface area contributed by atoms with E-state index in [0.717, 1.165) is 0 Å². The monoisotopic (exact) mass is 705 g/mol. The Bertz CT molecular complexity index is 801. The van der Waals surface area contributed by atoms with Gasteiger partial charge in [0.15, 0.2) is 17.3 Å². The van der Waals surface area contributed by atoms with Gasteiger partial charge in [-0.1, -0.05) is 125 Å². The van der Waals surface area contributed by atoms with Gasteiger partial charge in [0.1, 0.15) is 17.3 Å². The van der Waals surface area contributed by atoms with Crippen LogP contribution in [0.5, 0.6) is 0 Å². The minimum atomic E-state index is -0.417. The molecule has 0 fully saturated rings. The molecule has 6 nitrogen and oxygen atoms in total. The molecule has 0 spiro atoms. The Kier molecular flexibility index (Phi) is 19.3. The molecule has 0 aromatic heterocycles. The second-order valence-corrected chi connectivity index (χ2v) is 16.2. The largest absolute Gasteiger partial charge is 0.512 e. The van der Waals surface area contributed by atoms with Crippen LogP contribution in [0.4, 0.5) is 0 Å². The summed E-state index contributed by atoms with van der Waals surface area (Å²) in [5, 5.41) is 28.7. The summed E-state index contributed by atoms with van der Waals surface area (Å²) in [5.74, 6) is 0.312. The number of carbonyl (C=O) groups excluding carboxylic acids is 3. The number of ketones is 3. The van der Waals surface area contributed by atoms with E-state index in [1.165, 1.54) is 18.2 Å². The summed E-state index contributed by atoms with van der Waals surface area (Å²) in [7, 11) is 0. The number of hydrogen-bond acceptors (Lipinski definition) is 6. The molecule has 235 valence electrons. The standard InChI is InChI=1S/3C11H20O2.Eu/c3*1-10(2,3)8(12)7-9(13)11(4,5)6;/h3*7,12H,1-6H3;/b2*8-7+;8-7-;. The Balaban J connectivity index is -0.000000240. The van der Waals surface area contributed by atoms with Crippen LogP contribution >= 0.6 is 0 Å². The summed E-state index contributed by atoms with van der Waals surface area (Å²) in [5.41, 5.74) is -2.29. The van der Waals surface area contributed by atoms with Gasteiger partial charge in [-0.05, 0) is 0 Å². The molecule has 0 rings (SSSR count). The van der Waals surface area contributed by atoms with E-state index >= 15 is 0 Å². The summed E-state index contributed by atoms with van der Waals surface area (Å²) in [6.45, 7) is 33.3. The minimum Gasteiger partial charge on any atom is -0.512 e. The summed E-state index contributed by atoms with van der Waals surface area (Å²) < 4.78 is 0. The number of aliphatic hydroxyl groups excluding tert-OH is 3. The van der Waals surface area contributed by atoms with Crippen molar-refractivity contribution in [2.45, 2.75) is 125 Å². The predicted molar refractivity (Wildman–Crippen MR) is 164 cm³/mol. The fraction of sp³-hybridized carbons (Fsp3) is 0.727. The zero-order valence-electron chi connectivity index (χ0n) is 28.7. The normalized spacial score (nSPS) is 14.1. The number of rotatable bonds is 3. The fourth-order valence-electron chi connectivity index (χ4n) is 1.67. The molecule has 0 unspecified atom stereocenters. The molecule has 1 radical (unpaired) electrons. The molecule has 0 heterocycles. The van der Waals surface area contributed by atoms with Gasteiger partial charge in [0, 0.05) is 100 Å². The number of hydrogen-bond donors (Lipinski definition) is 3. The van der Waals surface area contributed by atoms with Crippen LogP contribution in [0.2, 0.25) is 0 Å². The third kappa shape index (κ3) is 21.9. The molecule has 0 amide bonds. The van der Waals surface area contributed by atoms with Crippen LogP contribution in [0.1, 0.15) is 125 Å². The Morgan fingerprint density at radius 3 is 0.550 bits per heavy atom. The van der Waals surface area contributed by atoms with Crippen LogP contribution in [-0.4, -0.2) is 32.7 Å². The van der Waals surface area contributed by atoms with Crippen molar-refractivity contribution >= 4 is 17.3 Å². The van der Waals surface area contributed by atoms with Crippen LogP contribution in [0.15, 0.2) is 35.5 Å². The van der Waals surface area contributed by atoms with Gasteiger partial charge in [0.25, 0.3) is 0 Å². The molecule has 0 aromatic rings. The van der Waals surface area contributed by atoms with Crippen molar-refractivity contribution in [3.05, 3.63) is 35.5 Å². The Morgan fingerprint density at radius 2 is 0.475 bits per heavy atom. The average molecular weight is 705 g/mol. The first-order valence-electron chi connectivity index (χ1n) is 13.5. The summed E-state index contributed by atoms with van der Waals surface area (Å²) in [6, 6.07) is 0. The van der Waals surface area contributed by atoms with Gasteiger partial charge in [0.2, 0.25) is 0 Å². The van der Waals surface area contributed by atoms with E-state index in [-0.39, 0.29) is 100 Å². The number of carbonyl (C=O) groups is 3. The Hall–Kier alpha value is -0.786. The maximum Gasteiger partial charge on any atom is 0.164 e. The molecule has 0 aliphatic rings. The van der Waals surface area contributed by atoms with Crippen LogP contribution in [0.3, 0.4) is 0 Å². The molecule has 0 saturated carbocycles. The van der Waals surface area contributed by atoms with Gasteiger partial charge in [-0.15, -0.1) is 0 Å². The van der Waals surface area contributed by atoms with E-state index in [1.807, 2.05) is 125 Å². The van der Waals surface area contributed by atoms with Crippen LogP contribution < -0.4 is 0 Å². The van der Waals surface area contributed by atoms with Gasteiger partial charge in [-0.3, -0.25) is 14.4 Å². The van der Waals surface area contributed by atoms with Gasteiger partial charge in [-0.2, -0.15) is 0 Å². The van der Waals surface area contributed by atoms with Crippen molar-refractivity contribution < 1.29 is 79.1 Å². The molecule has 40 heavy (non-hydrogen) atoms. The first kappa shape index (κ1) is 46.2. The smallest absolute Gasteiger partial charge is 0.164 e. The van der Waals surface area contributed by atoms with Crippen molar-refractivity contribution in [2.75, 3.05) is 0 Å². The van der Waals surface area contributed by atoms with E-state index in [1.54, 1.807) is 0 Å². The second-order valence-electron chi connectivity index (χ2n) is 16.2. The van der Waals surface area contributed by atoms with E-state index in [9.17, 15) is 29.7 Å². The van der Waals surface area contributed by atoms with Crippen molar-refractivity contribution in [3.63, 3.8) is 0 Å². The summed E-state index contributed by atoms with van der Waals surface area (Å²) in [6.07, 6.45) is 4.00. The minimum absolute atomic E-state index is 0. The molecule has 0 aliphatic heterocycles. The molecule has 0 atom stereocenters. The van der Waals surface area contributed by atoms with Gasteiger partial charge < -0.3 is 15.3 Å². The van der Waals surface area contributed by atoms with Gasteiger partial charge in [-0.25, -0.2) is 0 Å². The van der Waals surface area contributed by atoms with E-state index < -0.39 is 16.2 Å². The van der Waals surface area contributed by atoms with Crippen LogP contribution in [-0.2, 0) is 14.4 Å². The third-order valence-corrected chi connectivity index (χ3v) is 5.33. The quantitative estimate of drug-likeness (QED) is 0.200. The Labute approximate surface area is 286 Å². The molecule has 7 heteroatoms.